The Labute approximate surface area is 172 Å². The summed E-state index contributed by atoms with van der Waals surface area (Å²) in [6.45, 7) is 2.06. The average molecular weight is 417 g/mol. The van der Waals surface area contributed by atoms with Crippen LogP contribution >= 0.6 is 23.4 Å². The third-order valence-corrected chi connectivity index (χ3v) is 5.50. The van der Waals surface area contributed by atoms with Gasteiger partial charge in [0.25, 0.3) is 0 Å². The van der Waals surface area contributed by atoms with Crippen LogP contribution in [0, 0.1) is 0 Å². The number of benzene rings is 2. The Hall–Kier alpha value is -2.44. The number of aryl methyl sites for hydroxylation is 1. The third-order valence-electron chi connectivity index (χ3n) is 4.28. The number of ether oxygens (including phenoxy) is 1. The Morgan fingerprint density at radius 2 is 2.04 bits per heavy atom. The molecule has 0 bridgehead atoms. The van der Waals surface area contributed by atoms with Gasteiger partial charge >= 0.3 is 0 Å². The quantitative estimate of drug-likeness (QED) is 0.589. The number of hydrogen-bond donors (Lipinski definition) is 2. The zero-order valence-corrected chi connectivity index (χ0v) is 17.2. The molecule has 0 saturated carbocycles. The number of rotatable bonds is 7. The molecule has 0 saturated heterocycles. The molecule has 1 aromatic heterocycles. The standard InChI is InChI=1S/C21H21ClN2O3S/c1-3-13-4-6-17-16(8-13)19(25)10-15(23-17)11-28-12-21(26)24-18-9-14(22)5-7-20(18)27-2/h4-10H,3,11-12H2,1-2H3,(H,23,25)(H,24,26). The number of H-pyrrole nitrogens is 1. The number of pyridine rings is 1. The van der Waals surface area contributed by atoms with E-state index in [1.54, 1.807) is 24.3 Å². The van der Waals surface area contributed by atoms with Crippen molar-refractivity contribution in [1.29, 1.82) is 0 Å². The molecule has 0 aliphatic carbocycles. The normalized spacial score (nSPS) is 10.8. The SMILES string of the molecule is CCc1ccc2[nH]c(CSCC(=O)Nc3cc(Cl)ccc3OC)cc(=O)c2c1. The van der Waals surface area contributed by atoms with Crippen LogP contribution in [0.3, 0.4) is 0 Å². The predicted octanol–water partition coefficient (Wildman–Crippen LogP) is 4.62. The van der Waals surface area contributed by atoms with Gasteiger partial charge in [-0.05, 0) is 42.3 Å². The number of fused-ring (bicyclic) bond motifs is 1. The van der Waals surface area contributed by atoms with Crippen LogP contribution in [0.15, 0.2) is 47.3 Å². The smallest absolute Gasteiger partial charge is 0.234 e. The minimum Gasteiger partial charge on any atom is -0.495 e. The van der Waals surface area contributed by atoms with Crippen molar-refractivity contribution in [2.45, 2.75) is 19.1 Å². The predicted molar refractivity (Wildman–Crippen MR) is 117 cm³/mol. The monoisotopic (exact) mass is 416 g/mol. The largest absolute Gasteiger partial charge is 0.495 e. The summed E-state index contributed by atoms with van der Waals surface area (Å²) < 4.78 is 5.23. The molecule has 0 unspecified atom stereocenters. The molecule has 146 valence electrons. The Morgan fingerprint density at radius 3 is 2.79 bits per heavy atom. The molecule has 0 aliphatic rings. The third kappa shape index (κ3) is 4.88. The molecule has 0 fully saturated rings. The molecule has 7 heteroatoms. The lowest BCUT2D eigenvalue weighted by Crippen LogP contribution is -2.15. The van der Waals surface area contributed by atoms with Crippen molar-refractivity contribution >= 4 is 45.9 Å². The van der Waals surface area contributed by atoms with E-state index in [0.29, 0.717) is 27.6 Å². The van der Waals surface area contributed by atoms with Crippen LogP contribution in [0.2, 0.25) is 5.02 Å². The van der Waals surface area contributed by atoms with Gasteiger partial charge in [0.15, 0.2) is 5.43 Å². The van der Waals surface area contributed by atoms with Gasteiger partial charge in [-0.3, -0.25) is 9.59 Å². The highest BCUT2D eigenvalue weighted by atomic mass is 35.5. The number of carbonyl (C=O) groups is 1. The Bertz CT molecular complexity index is 1070. The summed E-state index contributed by atoms with van der Waals surface area (Å²) in [6.07, 6.45) is 0.888. The van der Waals surface area contributed by atoms with Gasteiger partial charge in [0.1, 0.15) is 5.75 Å². The van der Waals surface area contributed by atoms with E-state index in [0.717, 1.165) is 23.2 Å². The number of halogens is 1. The van der Waals surface area contributed by atoms with Crippen LogP contribution in [0.5, 0.6) is 5.75 Å². The van der Waals surface area contributed by atoms with Crippen LogP contribution < -0.4 is 15.5 Å². The number of thioether (sulfide) groups is 1. The fourth-order valence-electron chi connectivity index (χ4n) is 2.86. The number of methoxy groups -OCH3 is 1. The Morgan fingerprint density at radius 1 is 1.21 bits per heavy atom. The molecule has 2 aromatic carbocycles. The average Bonchev–Trinajstić information content (AvgIpc) is 2.68. The maximum Gasteiger partial charge on any atom is 0.234 e. The maximum atomic E-state index is 12.4. The molecule has 1 amide bonds. The molecule has 3 rings (SSSR count). The van der Waals surface area contributed by atoms with Gasteiger partial charge in [0, 0.05) is 33.4 Å². The van der Waals surface area contributed by atoms with E-state index in [2.05, 4.69) is 17.2 Å². The molecule has 0 radical (unpaired) electrons. The lowest BCUT2D eigenvalue weighted by Gasteiger charge is -2.10. The van der Waals surface area contributed by atoms with Crippen LogP contribution in [-0.2, 0) is 17.0 Å². The van der Waals surface area contributed by atoms with E-state index in [9.17, 15) is 9.59 Å². The van der Waals surface area contributed by atoms with E-state index in [-0.39, 0.29) is 17.1 Å². The summed E-state index contributed by atoms with van der Waals surface area (Å²) in [5.41, 5.74) is 3.26. The van der Waals surface area contributed by atoms with Crippen LogP contribution in [0.1, 0.15) is 18.2 Å². The molecular weight excluding hydrogens is 396 g/mol. The topological polar surface area (TPSA) is 71.2 Å². The molecule has 0 atom stereocenters. The zero-order valence-electron chi connectivity index (χ0n) is 15.7. The summed E-state index contributed by atoms with van der Waals surface area (Å²) in [6, 6.07) is 12.5. The fraction of sp³-hybridized carbons (Fsp3) is 0.238. The highest BCUT2D eigenvalue weighted by Crippen LogP contribution is 2.27. The zero-order chi connectivity index (χ0) is 20.1. The molecule has 0 spiro atoms. The van der Waals surface area contributed by atoms with E-state index in [1.807, 2.05) is 18.2 Å². The fourth-order valence-corrected chi connectivity index (χ4v) is 3.77. The number of carbonyl (C=O) groups excluding carboxylic acids is 1. The van der Waals surface area contributed by atoms with E-state index in [1.165, 1.54) is 18.9 Å². The van der Waals surface area contributed by atoms with Gasteiger partial charge < -0.3 is 15.0 Å². The van der Waals surface area contributed by atoms with Gasteiger partial charge in [0.2, 0.25) is 5.91 Å². The molecule has 28 heavy (non-hydrogen) atoms. The van der Waals surface area contributed by atoms with E-state index in [4.69, 9.17) is 16.3 Å². The van der Waals surface area contributed by atoms with Gasteiger partial charge in [-0.1, -0.05) is 24.6 Å². The first-order chi connectivity index (χ1) is 13.5. The van der Waals surface area contributed by atoms with Crippen LogP contribution in [-0.4, -0.2) is 23.8 Å². The van der Waals surface area contributed by atoms with Crippen molar-refractivity contribution in [3.63, 3.8) is 0 Å². The number of hydrogen-bond acceptors (Lipinski definition) is 4. The van der Waals surface area contributed by atoms with E-state index >= 15 is 0 Å². The molecule has 1 heterocycles. The maximum absolute atomic E-state index is 12.4. The van der Waals surface area contributed by atoms with Gasteiger partial charge in [-0.25, -0.2) is 0 Å². The van der Waals surface area contributed by atoms with Crippen molar-refractivity contribution in [3.8, 4) is 5.75 Å². The molecule has 2 N–H and O–H groups in total. The van der Waals surface area contributed by atoms with Gasteiger partial charge in [-0.2, -0.15) is 0 Å². The first-order valence-corrected chi connectivity index (χ1v) is 10.4. The van der Waals surface area contributed by atoms with Crippen molar-refractivity contribution in [1.82, 2.24) is 4.98 Å². The van der Waals surface area contributed by atoms with Crippen molar-refractivity contribution in [2.75, 3.05) is 18.2 Å². The second-order valence-electron chi connectivity index (χ2n) is 6.28. The van der Waals surface area contributed by atoms with Gasteiger partial charge in [-0.15, -0.1) is 11.8 Å². The number of aromatic nitrogens is 1. The number of anilines is 1. The number of nitrogens with one attached hydrogen (secondary N) is 2. The van der Waals surface area contributed by atoms with Crippen molar-refractivity contribution < 1.29 is 9.53 Å². The molecule has 0 aliphatic heterocycles. The Balaban J connectivity index is 1.62. The highest BCUT2D eigenvalue weighted by molar-refractivity contribution is 7.99. The Kier molecular flexibility index (Phi) is 6.65. The summed E-state index contributed by atoms with van der Waals surface area (Å²) in [7, 11) is 1.53. The highest BCUT2D eigenvalue weighted by Gasteiger charge is 2.09. The van der Waals surface area contributed by atoms with Crippen molar-refractivity contribution in [2.24, 2.45) is 0 Å². The number of amides is 1. The second kappa shape index (κ2) is 9.17. The summed E-state index contributed by atoms with van der Waals surface area (Å²) in [4.78, 5) is 27.9. The molecular formula is C21H21ClN2O3S. The number of aromatic amines is 1. The molecule has 3 aromatic rings. The van der Waals surface area contributed by atoms with Crippen molar-refractivity contribution in [3.05, 3.63) is 69.0 Å². The summed E-state index contributed by atoms with van der Waals surface area (Å²) in [5.74, 6) is 1.15. The molecule has 5 nitrogen and oxygen atoms in total. The lowest BCUT2D eigenvalue weighted by molar-refractivity contribution is -0.113. The van der Waals surface area contributed by atoms with Gasteiger partial charge in [0.05, 0.1) is 18.6 Å². The first kappa shape index (κ1) is 20.3. The van der Waals surface area contributed by atoms with E-state index < -0.39 is 0 Å². The second-order valence-corrected chi connectivity index (χ2v) is 7.70. The van der Waals surface area contributed by atoms with Crippen LogP contribution in [0.4, 0.5) is 5.69 Å². The summed E-state index contributed by atoms with van der Waals surface area (Å²) >= 11 is 7.40. The minimum absolute atomic E-state index is 0.00670. The first-order valence-electron chi connectivity index (χ1n) is 8.86. The summed E-state index contributed by atoms with van der Waals surface area (Å²) in [5, 5.41) is 4.01. The lowest BCUT2D eigenvalue weighted by atomic mass is 10.1. The van der Waals surface area contributed by atoms with Crippen LogP contribution in [0.25, 0.3) is 10.9 Å². The minimum atomic E-state index is -0.165.